The van der Waals surface area contributed by atoms with Crippen molar-refractivity contribution in [3.63, 3.8) is 0 Å². The molecule has 2 aromatic rings. The first kappa shape index (κ1) is 7.79. The van der Waals surface area contributed by atoms with Crippen LogP contribution in [0.5, 0.6) is 0 Å². The first-order valence-electron chi connectivity index (χ1n) is 3.85. The predicted octanol–water partition coefficient (Wildman–Crippen LogP) is 1.57. The maximum atomic E-state index is 10.7. The predicted molar refractivity (Wildman–Crippen MR) is 47.8 cm³/mol. The van der Waals surface area contributed by atoms with Gasteiger partial charge in [0.15, 0.2) is 0 Å². The largest absolute Gasteiger partial charge is 0.478 e. The number of hydrogen-bond donors (Lipinski definition) is 2. The van der Waals surface area contributed by atoms with Crippen molar-refractivity contribution in [3.05, 3.63) is 29.7 Å². The third-order valence-corrected chi connectivity index (χ3v) is 1.93. The first-order valence-corrected chi connectivity index (χ1v) is 3.85. The summed E-state index contributed by atoms with van der Waals surface area (Å²) in [7, 11) is 0. The summed E-state index contributed by atoms with van der Waals surface area (Å²) in [5, 5.41) is 9.44. The van der Waals surface area contributed by atoms with E-state index in [1.807, 2.05) is 13.0 Å². The van der Waals surface area contributed by atoms with Crippen LogP contribution in [0.2, 0.25) is 0 Å². The van der Waals surface area contributed by atoms with E-state index < -0.39 is 5.97 Å². The van der Waals surface area contributed by atoms with Gasteiger partial charge in [-0.2, -0.15) is 0 Å². The fourth-order valence-corrected chi connectivity index (χ4v) is 1.30. The van der Waals surface area contributed by atoms with Crippen LogP contribution in [-0.2, 0) is 0 Å². The molecular formula is C9H8N2O2. The van der Waals surface area contributed by atoms with Gasteiger partial charge in [0.25, 0.3) is 0 Å². The second kappa shape index (κ2) is 2.58. The van der Waals surface area contributed by atoms with Crippen molar-refractivity contribution in [2.45, 2.75) is 6.92 Å². The normalized spacial score (nSPS) is 10.5. The number of aromatic nitrogens is 2. The topological polar surface area (TPSA) is 66.0 Å². The van der Waals surface area contributed by atoms with Gasteiger partial charge in [-0.3, -0.25) is 4.98 Å². The zero-order valence-electron chi connectivity index (χ0n) is 7.03. The molecule has 4 nitrogen and oxygen atoms in total. The molecule has 0 aromatic carbocycles. The van der Waals surface area contributed by atoms with Gasteiger partial charge >= 0.3 is 5.97 Å². The minimum absolute atomic E-state index is 0.266. The summed E-state index contributed by atoms with van der Waals surface area (Å²) < 4.78 is 0. The van der Waals surface area contributed by atoms with E-state index in [0.29, 0.717) is 5.39 Å². The number of fused-ring (bicyclic) bond motifs is 1. The molecule has 0 fully saturated rings. The summed E-state index contributed by atoms with van der Waals surface area (Å²) in [4.78, 5) is 17.6. The molecule has 0 saturated heterocycles. The van der Waals surface area contributed by atoms with E-state index in [0.717, 1.165) is 11.2 Å². The van der Waals surface area contributed by atoms with Crippen LogP contribution in [0.1, 0.15) is 16.1 Å². The summed E-state index contributed by atoms with van der Waals surface area (Å²) in [5.41, 5.74) is 1.94. The number of nitrogens with one attached hydrogen (secondary N) is 1. The van der Waals surface area contributed by atoms with Crippen molar-refractivity contribution in [2.75, 3.05) is 0 Å². The molecule has 0 amide bonds. The van der Waals surface area contributed by atoms with Crippen LogP contribution in [-0.4, -0.2) is 21.0 Å². The quantitative estimate of drug-likeness (QED) is 0.693. The van der Waals surface area contributed by atoms with E-state index in [1.54, 1.807) is 6.20 Å². The summed E-state index contributed by atoms with van der Waals surface area (Å²) in [6.45, 7) is 1.86. The first-order chi connectivity index (χ1) is 6.18. The summed E-state index contributed by atoms with van der Waals surface area (Å²) >= 11 is 0. The molecule has 0 atom stereocenters. The molecule has 13 heavy (non-hydrogen) atoms. The molecule has 2 rings (SSSR count). The third-order valence-electron chi connectivity index (χ3n) is 1.93. The lowest BCUT2D eigenvalue weighted by molar-refractivity contribution is 0.0699. The number of aromatic amines is 1. The van der Waals surface area contributed by atoms with Crippen molar-refractivity contribution < 1.29 is 9.90 Å². The summed E-state index contributed by atoms with van der Waals surface area (Å²) in [6.07, 6.45) is 3.05. The second-order valence-electron chi connectivity index (χ2n) is 2.88. The second-order valence-corrected chi connectivity index (χ2v) is 2.88. The lowest BCUT2D eigenvalue weighted by Crippen LogP contribution is -1.93. The molecule has 66 valence electrons. The minimum Gasteiger partial charge on any atom is -0.478 e. The maximum Gasteiger partial charge on any atom is 0.337 e. The van der Waals surface area contributed by atoms with Crippen molar-refractivity contribution in [2.24, 2.45) is 0 Å². The lowest BCUT2D eigenvalue weighted by Gasteiger charge is -1.92. The number of aryl methyl sites for hydroxylation is 1. The molecular weight excluding hydrogens is 168 g/mol. The van der Waals surface area contributed by atoms with E-state index in [1.165, 1.54) is 6.20 Å². The highest BCUT2D eigenvalue weighted by Crippen LogP contribution is 2.17. The van der Waals surface area contributed by atoms with E-state index >= 15 is 0 Å². The molecule has 0 radical (unpaired) electrons. The number of carboxylic acids is 1. The van der Waals surface area contributed by atoms with E-state index in [9.17, 15) is 4.79 Å². The number of carbonyl (C=O) groups is 1. The number of aromatic carboxylic acids is 1. The molecule has 0 unspecified atom stereocenters. The molecule has 0 aliphatic carbocycles. The monoisotopic (exact) mass is 176 g/mol. The third kappa shape index (κ3) is 1.16. The number of H-pyrrole nitrogens is 1. The molecule has 0 spiro atoms. The van der Waals surface area contributed by atoms with E-state index in [4.69, 9.17) is 5.11 Å². The van der Waals surface area contributed by atoms with Crippen molar-refractivity contribution in [3.8, 4) is 0 Å². The SMILES string of the molecule is Cc1cc2[nH]cc(C(=O)O)c2cn1. The van der Waals surface area contributed by atoms with Crippen LogP contribution in [0.4, 0.5) is 0 Å². The van der Waals surface area contributed by atoms with Crippen LogP contribution in [0.15, 0.2) is 18.5 Å². The van der Waals surface area contributed by atoms with Crippen molar-refractivity contribution in [1.82, 2.24) is 9.97 Å². The van der Waals surface area contributed by atoms with Gasteiger partial charge in [0, 0.05) is 29.0 Å². The Bertz CT molecular complexity index is 473. The highest BCUT2D eigenvalue weighted by Gasteiger charge is 2.09. The highest BCUT2D eigenvalue weighted by atomic mass is 16.4. The zero-order chi connectivity index (χ0) is 9.42. The van der Waals surface area contributed by atoms with Gasteiger partial charge < -0.3 is 10.1 Å². The Balaban J connectivity index is 2.76. The molecule has 2 N–H and O–H groups in total. The van der Waals surface area contributed by atoms with Crippen LogP contribution < -0.4 is 0 Å². The molecule has 0 saturated carbocycles. The van der Waals surface area contributed by atoms with Gasteiger partial charge in [0.2, 0.25) is 0 Å². The fourth-order valence-electron chi connectivity index (χ4n) is 1.30. The van der Waals surface area contributed by atoms with Crippen LogP contribution in [0, 0.1) is 6.92 Å². The highest BCUT2D eigenvalue weighted by molar-refractivity contribution is 6.02. The Morgan fingerprint density at radius 1 is 1.62 bits per heavy atom. The number of hydrogen-bond acceptors (Lipinski definition) is 2. The number of rotatable bonds is 1. The van der Waals surface area contributed by atoms with Gasteiger partial charge in [-0.05, 0) is 13.0 Å². The summed E-state index contributed by atoms with van der Waals surface area (Å²) in [5.74, 6) is -0.933. The standard InChI is InChI=1S/C9H8N2O2/c1-5-2-8-6(3-10-5)7(4-11-8)9(12)13/h2-4,11H,1H3,(H,12,13). The van der Waals surface area contributed by atoms with E-state index in [-0.39, 0.29) is 5.56 Å². The Hall–Kier alpha value is -1.84. The molecule has 2 heterocycles. The van der Waals surface area contributed by atoms with Gasteiger partial charge in [-0.25, -0.2) is 4.79 Å². The number of carboxylic acid groups (broad SMARTS) is 1. The van der Waals surface area contributed by atoms with Gasteiger partial charge in [0.1, 0.15) is 0 Å². The lowest BCUT2D eigenvalue weighted by atomic mass is 10.2. The van der Waals surface area contributed by atoms with E-state index in [2.05, 4.69) is 9.97 Å². The van der Waals surface area contributed by atoms with Crippen molar-refractivity contribution in [1.29, 1.82) is 0 Å². The average molecular weight is 176 g/mol. The number of nitrogens with zero attached hydrogens (tertiary/aromatic N) is 1. The maximum absolute atomic E-state index is 10.7. The van der Waals surface area contributed by atoms with Crippen LogP contribution in [0.25, 0.3) is 10.9 Å². The minimum atomic E-state index is -0.933. The molecule has 2 aromatic heterocycles. The van der Waals surface area contributed by atoms with Crippen LogP contribution >= 0.6 is 0 Å². The van der Waals surface area contributed by atoms with Gasteiger partial charge in [-0.15, -0.1) is 0 Å². The smallest absolute Gasteiger partial charge is 0.337 e. The molecule has 0 aliphatic heterocycles. The molecule has 4 heteroatoms. The zero-order valence-corrected chi connectivity index (χ0v) is 7.03. The van der Waals surface area contributed by atoms with Gasteiger partial charge in [-0.1, -0.05) is 0 Å². The van der Waals surface area contributed by atoms with Crippen molar-refractivity contribution >= 4 is 16.9 Å². The average Bonchev–Trinajstić information content (AvgIpc) is 2.46. The Labute approximate surface area is 74.2 Å². The summed E-state index contributed by atoms with van der Waals surface area (Å²) in [6, 6.07) is 1.82. The molecule has 0 bridgehead atoms. The van der Waals surface area contributed by atoms with Crippen LogP contribution in [0.3, 0.4) is 0 Å². The van der Waals surface area contributed by atoms with Gasteiger partial charge in [0.05, 0.1) is 5.56 Å². The Kier molecular flexibility index (Phi) is 1.55. The Morgan fingerprint density at radius 2 is 2.38 bits per heavy atom. The number of pyridine rings is 1. The Morgan fingerprint density at radius 3 is 3.08 bits per heavy atom. The molecule has 0 aliphatic rings. The fraction of sp³-hybridized carbons (Fsp3) is 0.111.